The summed E-state index contributed by atoms with van der Waals surface area (Å²) in [7, 11) is -2.87. The number of carbonyl (C=O) groups excluding carboxylic acids is 1. The summed E-state index contributed by atoms with van der Waals surface area (Å²) in [5.74, 6) is -1.64. The maximum absolute atomic E-state index is 13.3. The zero-order chi connectivity index (χ0) is 17.0. The Bertz CT molecular complexity index is 818. The van der Waals surface area contributed by atoms with E-state index >= 15 is 0 Å². The second-order valence-electron chi connectivity index (χ2n) is 4.64. The van der Waals surface area contributed by atoms with Crippen LogP contribution in [0.5, 0.6) is 0 Å². The normalized spacial score (nSPS) is 11.4. The molecule has 0 aliphatic carbocycles. The molecule has 0 bridgehead atoms. The fourth-order valence-corrected chi connectivity index (χ4v) is 3.77. The van der Waals surface area contributed by atoms with E-state index in [0.29, 0.717) is 6.42 Å². The fourth-order valence-electron chi connectivity index (χ4n) is 1.92. The SMILES string of the molecule is COC(=O)c1cc(F)ccc1S(=O)(=O)NCCc1csc(C)n1. The monoisotopic (exact) mass is 358 g/mol. The Kier molecular flexibility index (Phi) is 5.45. The number of carbonyl (C=O) groups is 1. The van der Waals surface area contributed by atoms with Crippen LogP contribution in [0.2, 0.25) is 0 Å². The van der Waals surface area contributed by atoms with Crippen molar-refractivity contribution in [3.8, 4) is 0 Å². The lowest BCUT2D eigenvalue weighted by molar-refractivity contribution is 0.0595. The van der Waals surface area contributed by atoms with Crippen LogP contribution in [0.15, 0.2) is 28.5 Å². The van der Waals surface area contributed by atoms with Gasteiger partial charge in [-0.1, -0.05) is 0 Å². The molecule has 1 aromatic carbocycles. The average molecular weight is 358 g/mol. The van der Waals surface area contributed by atoms with Crippen LogP contribution in [0.4, 0.5) is 4.39 Å². The molecule has 0 aliphatic heterocycles. The van der Waals surface area contributed by atoms with Crippen molar-refractivity contribution in [3.05, 3.63) is 45.7 Å². The third-order valence-electron chi connectivity index (χ3n) is 2.98. The first-order valence-electron chi connectivity index (χ1n) is 6.62. The number of rotatable bonds is 6. The number of thiazole rings is 1. The summed E-state index contributed by atoms with van der Waals surface area (Å²) in [5.41, 5.74) is 0.437. The topological polar surface area (TPSA) is 85.4 Å². The van der Waals surface area contributed by atoms with Gasteiger partial charge >= 0.3 is 5.97 Å². The van der Waals surface area contributed by atoms with E-state index in [0.717, 1.165) is 36.0 Å². The van der Waals surface area contributed by atoms with Crippen molar-refractivity contribution in [2.75, 3.05) is 13.7 Å². The number of aromatic nitrogens is 1. The predicted molar refractivity (Wildman–Crippen MR) is 83.5 cm³/mol. The number of halogens is 1. The number of hydrogen-bond donors (Lipinski definition) is 1. The highest BCUT2D eigenvalue weighted by Crippen LogP contribution is 2.18. The highest BCUT2D eigenvalue weighted by Gasteiger charge is 2.23. The number of aryl methyl sites for hydroxylation is 1. The summed E-state index contributed by atoms with van der Waals surface area (Å²) in [6.45, 7) is 1.98. The number of nitrogens with zero attached hydrogens (tertiary/aromatic N) is 1. The van der Waals surface area contributed by atoms with Crippen LogP contribution >= 0.6 is 11.3 Å². The molecular weight excluding hydrogens is 343 g/mol. The van der Waals surface area contributed by atoms with Gasteiger partial charge in [0.1, 0.15) is 5.82 Å². The van der Waals surface area contributed by atoms with Crippen molar-refractivity contribution < 1.29 is 22.3 Å². The van der Waals surface area contributed by atoms with Crippen LogP contribution in [0, 0.1) is 12.7 Å². The number of sulfonamides is 1. The second-order valence-corrected chi connectivity index (χ2v) is 7.44. The van der Waals surface area contributed by atoms with Crippen LogP contribution in [-0.4, -0.2) is 33.0 Å². The highest BCUT2D eigenvalue weighted by atomic mass is 32.2. The van der Waals surface area contributed by atoms with Gasteiger partial charge in [-0.25, -0.2) is 27.3 Å². The molecule has 1 N–H and O–H groups in total. The van der Waals surface area contributed by atoms with Crippen molar-refractivity contribution in [2.45, 2.75) is 18.2 Å². The predicted octanol–water partition coefficient (Wildman–Crippen LogP) is 1.90. The quantitative estimate of drug-likeness (QED) is 0.797. The van der Waals surface area contributed by atoms with Crippen LogP contribution in [0.25, 0.3) is 0 Å². The minimum absolute atomic E-state index is 0.115. The largest absolute Gasteiger partial charge is 0.465 e. The van der Waals surface area contributed by atoms with E-state index in [9.17, 15) is 17.6 Å². The summed E-state index contributed by atoms with van der Waals surface area (Å²) in [6.07, 6.45) is 0.415. The molecule has 0 aliphatic rings. The summed E-state index contributed by atoms with van der Waals surface area (Å²) in [6, 6.07) is 2.85. The molecule has 2 aromatic rings. The van der Waals surface area contributed by atoms with Crippen LogP contribution in [-0.2, 0) is 21.2 Å². The van der Waals surface area contributed by atoms with Gasteiger partial charge in [-0.15, -0.1) is 11.3 Å². The number of benzene rings is 1. The molecule has 0 saturated heterocycles. The average Bonchev–Trinajstić information content (AvgIpc) is 2.91. The number of esters is 1. The van der Waals surface area contributed by atoms with Crippen molar-refractivity contribution in [1.29, 1.82) is 0 Å². The van der Waals surface area contributed by atoms with Gasteiger partial charge in [0.25, 0.3) is 0 Å². The number of methoxy groups -OCH3 is 1. The van der Waals surface area contributed by atoms with E-state index in [1.54, 1.807) is 0 Å². The van der Waals surface area contributed by atoms with Crippen LogP contribution < -0.4 is 4.72 Å². The number of nitrogens with one attached hydrogen (secondary N) is 1. The van der Waals surface area contributed by atoms with E-state index in [-0.39, 0.29) is 17.0 Å². The van der Waals surface area contributed by atoms with E-state index in [1.807, 2.05) is 12.3 Å². The molecule has 124 valence electrons. The van der Waals surface area contributed by atoms with Gasteiger partial charge in [0.15, 0.2) is 0 Å². The highest BCUT2D eigenvalue weighted by molar-refractivity contribution is 7.89. The molecular formula is C14H15FN2O4S2. The summed E-state index contributed by atoms with van der Waals surface area (Å²) in [4.78, 5) is 15.6. The first-order valence-corrected chi connectivity index (χ1v) is 8.98. The smallest absolute Gasteiger partial charge is 0.339 e. The molecule has 0 atom stereocenters. The van der Waals surface area contributed by atoms with Crippen molar-refractivity contribution >= 4 is 27.3 Å². The molecule has 6 nitrogen and oxygen atoms in total. The van der Waals surface area contributed by atoms with E-state index in [1.165, 1.54) is 11.3 Å². The number of ether oxygens (including phenoxy) is 1. The molecule has 0 unspecified atom stereocenters. The van der Waals surface area contributed by atoms with Crippen LogP contribution in [0.1, 0.15) is 21.1 Å². The van der Waals surface area contributed by atoms with Crippen molar-refractivity contribution in [3.63, 3.8) is 0 Å². The summed E-state index contributed by atoms with van der Waals surface area (Å²) in [5, 5.41) is 2.75. The van der Waals surface area contributed by atoms with Crippen molar-refractivity contribution in [2.24, 2.45) is 0 Å². The first-order chi connectivity index (χ1) is 10.8. The molecule has 1 aromatic heterocycles. The molecule has 9 heteroatoms. The lowest BCUT2D eigenvalue weighted by Crippen LogP contribution is -2.28. The van der Waals surface area contributed by atoms with E-state index in [4.69, 9.17) is 0 Å². The Balaban J connectivity index is 2.17. The minimum Gasteiger partial charge on any atom is -0.465 e. The Morgan fingerprint density at radius 3 is 2.78 bits per heavy atom. The Hall–Kier alpha value is -1.84. The van der Waals surface area contributed by atoms with Gasteiger partial charge in [-0.05, 0) is 25.1 Å². The Morgan fingerprint density at radius 1 is 1.43 bits per heavy atom. The Morgan fingerprint density at radius 2 is 2.17 bits per heavy atom. The Labute approximate surface area is 137 Å². The molecule has 0 saturated carbocycles. The minimum atomic E-state index is -3.97. The third kappa shape index (κ3) is 4.34. The van der Waals surface area contributed by atoms with Gasteiger partial charge in [-0.3, -0.25) is 0 Å². The van der Waals surface area contributed by atoms with Gasteiger partial charge < -0.3 is 4.74 Å². The second kappa shape index (κ2) is 7.16. The molecule has 0 amide bonds. The lowest BCUT2D eigenvalue weighted by Gasteiger charge is -2.10. The van der Waals surface area contributed by atoms with Gasteiger partial charge in [0, 0.05) is 18.3 Å². The van der Waals surface area contributed by atoms with Crippen molar-refractivity contribution in [1.82, 2.24) is 9.71 Å². The molecule has 1 heterocycles. The lowest BCUT2D eigenvalue weighted by atomic mass is 10.2. The standard InChI is InChI=1S/C14H15FN2O4S2/c1-9-17-11(8-22-9)5-6-16-23(19,20)13-4-3-10(15)7-12(13)14(18)21-2/h3-4,7-8,16H,5-6H2,1-2H3. The molecule has 0 fully saturated rings. The summed E-state index contributed by atoms with van der Waals surface area (Å²) < 4.78 is 44.8. The summed E-state index contributed by atoms with van der Waals surface area (Å²) >= 11 is 1.48. The molecule has 0 radical (unpaired) electrons. The van der Waals surface area contributed by atoms with E-state index in [2.05, 4.69) is 14.4 Å². The zero-order valence-electron chi connectivity index (χ0n) is 12.5. The fraction of sp³-hybridized carbons (Fsp3) is 0.286. The van der Waals surface area contributed by atoms with Gasteiger partial charge in [0.2, 0.25) is 10.0 Å². The molecule has 0 spiro atoms. The van der Waals surface area contributed by atoms with E-state index < -0.39 is 21.8 Å². The van der Waals surface area contributed by atoms with Gasteiger partial charge in [-0.2, -0.15) is 0 Å². The molecule has 2 rings (SSSR count). The zero-order valence-corrected chi connectivity index (χ0v) is 14.1. The van der Waals surface area contributed by atoms with Crippen LogP contribution in [0.3, 0.4) is 0 Å². The third-order valence-corrected chi connectivity index (χ3v) is 5.32. The first kappa shape index (κ1) is 17.5. The molecule has 23 heavy (non-hydrogen) atoms. The van der Waals surface area contributed by atoms with Gasteiger partial charge in [0.05, 0.1) is 28.3 Å². The maximum atomic E-state index is 13.3. The number of hydrogen-bond acceptors (Lipinski definition) is 6. The maximum Gasteiger partial charge on any atom is 0.339 e.